The van der Waals surface area contributed by atoms with Gasteiger partial charge in [-0.2, -0.15) is 0 Å². The van der Waals surface area contributed by atoms with Crippen molar-refractivity contribution < 1.29 is 0 Å². The van der Waals surface area contributed by atoms with Gasteiger partial charge in [-0.05, 0) is 30.9 Å². The van der Waals surface area contributed by atoms with Crippen LogP contribution in [0.5, 0.6) is 0 Å². The van der Waals surface area contributed by atoms with Crippen LogP contribution in [0.4, 0.5) is 5.69 Å². The Hall–Kier alpha value is -1.24. The van der Waals surface area contributed by atoms with Crippen molar-refractivity contribution in [3.05, 3.63) is 42.5 Å². The van der Waals surface area contributed by atoms with Crippen molar-refractivity contribution in [2.45, 2.75) is 38.1 Å². The maximum atomic E-state index is 4.12. The van der Waals surface area contributed by atoms with E-state index in [0.717, 1.165) is 0 Å². The summed E-state index contributed by atoms with van der Waals surface area (Å²) in [6.45, 7) is 6.42. The van der Waals surface area contributed by atoms with E-state index in [1.807, 2.05) is 0 Å². The Morgan fingerprint density at radius 3 is 2.94 bits per heavy atom. The highest BCUT2D eigenvalue weighted by Gasteiger charge is 2.52. The van der Waals surface area contributed by atoms with Gasteiger partial charge in [-0.3, -0.25) is 0 Å². The van der Waals surface area contributed by atoms with Gasteiger partial charge in [-0.15, -0.1) is 6.58 Å². The monoisotopic (exact) mass is 227 g/mol. The molecule has 1 heteroatoms. The molecule has 3 atom stereocenters. The van der Waals surface area contributed by atoms with E-state index < -0.39 is 0 Å². The summed E-state index contributed by atoms with van der Waals surface area (Å²) in [5.41, 5.74) is 3.30. The molecule has 0 saturated heterocycles. The first-order chi connectivity index (χ1) is 8.23. The van der Waals surface area contributed by atoms with Gasteiger partial charge in [0.1, 0.15) is 0 Å². The van der Waals surface area contributed by atoms with Gasteiger partial charge in [0.2, 0.25) is 0 Å². The lowest BCUT2D eigenvalue weighted by molar-refractivity contribution is 0.325. The molecule has 0 aromatic heterocycles. The first-order valence-electron chi connectivity index (χ1n) is 6.69. The normalized spacial score (nSPS) is 34.6. The standard InChI is InChI=1S/C16H21N/c1-4-16(5-2)11-10-13-12-8-6-7-9-14(12)17(3)15(13)16/h4,6-9,13,15H,1,5,10-11H2,2-3H3. The minimum absolute atomic E-state index is 0.318. The van der Waals surface area contributed by atoms with Crippen molar-refractivity contribution in [3.63, 3.8) is 0 Å². The molecule has 0 N–H and O–H groups in total. The van der Waals surface area contributed by atoms with Crippen molar-refractivity contribution in [1.29, 1.82) is 0 Å². The van der Waals surface area contributed by atoms with Gasteiger partial charge in [-0.1, -0.05) is 31.2 Å². The highest BCUT2D eigenvalue weighted by Crippen LogP contribution is 2.57. The first-order valence-corrected chi connectivity index (χ1v) is 6.69. The molecule has 1 aromatic rings. The van der Waals surface area contributed by atoms with Gasteiger partial charge in [0, 0.05) is 30.1 Å². The Morgan fingerprint density at radius 1 is 1.47 bits per heavy atom. The van der Waals surface area contributed by atoms with Gasteiger partial charge in [0.25, 0.3) is 0 Å². The number of fused-ring (bicyclic) bond motifs is 3. The van der Waals surface area contributed by atoms with Gasteiger partial charge < -0.3 is 4.90 Å². The fourth-order valence-corrected chi connectivity index (χ4v) is 4.14. The van der Waals surface area contributed by atoms with E-state index in [1.165, 1.54) is 24.9 Å². The van der Waals surface area contributed by atoms with Crippen molar-refractivity contribution in [3.8, 4) is 0 Å². The molecule has 90 valence electrons. The van der Waals surface area contributed by atoms with Gasteiger partial charge >= 0.3 is 0 Å². The third kappa shape index (κ3) is 1.25. The lowest BCUT2D eigenvalue weighted by Crippen LogP contribution is -2.40. The summed E-state index contributed by atoms with van der Waals surface area (Å²) in [6.07, 6.45) is 6.03. The number of hydrogen-bond donors (Lipinski definition) is 0. The second-order valence-electron chi connectivity index (χ2n) is 5.55. The molecule has 1 aliphatic carbocycles. The number of hydrogen-bond acceptors (Lipinski definition) is 1. The zero-order valence-corrected chi connectivity index (χ0v) is 10.8. The predicted octanol–water partition coefficient (Wildman–Crippen LogP) is 3.96. The third-order valence-corrected chi connectivity index (χ3v) is 5.09. The number of benzene rings is 1. The quantitative estimate of drug-likeness (QED) is 0.691. The average Bonchev–Trinajstić information content (AvgIpc) is 2.89. The van der Waals surface area contributed by atoms with E-state index in [9.17, 15) is 0 Å². The molecule has 17 heavy (non-hydrogen) atoms. The highest BCUT2D eigenvalue weighted by molar-refractivity contribution is 5.63. The maximum absolute atomic E-state index is 4.12. The molecule has 1 nitrogen and oxygen atoms in total. The third-order valence-electron chi connectivity index (χ3n) is 5.09. The number of para-hydroxylation sites is 1. The minimum atomic E-state index is 0.318. The minimum Gasteiger partial charge on any atom is -0.370 e. The van der Waals surface area contributed by atoms with Crippen LogP contribution in [-0.4, -0.2) is 13.1 Å². The topological polar surface area (TPSA) is 3.24 Å². The van der Waals surface area contributed by atoms with Crippen LogP contribution < -0.4 is 4.90 Å². The van der Waals surface area contributed by atoms with Gasteiger partial charge in [0.15, 0.2) is 0 Å². The number of nitrogens with zero attached hydrogens (tertiary/aromatic N) is 1. The largest absolute Gasteiger partial charge is 0.370 e. The summed E-state index contributed by atoms with van der Waals surface area (Å²) in [5.74, 6) is 0.717. The summed E-state index contributed by atoms with van der Waals surface area (Å²) in [7, 11) is 2.25. The van der Waals surface area contributed by atoms with Crippen LogP contribution in [-0.2, 0) is 0 Å². The van der Waals surface area contributed by atoms with Gasteiger partial charge in [0.05, 0.1) is 0 Å². The highest BCUT2D eigenvalue weighted by atomic mass is 15.2. The smallest absolute Gasteiger partial charge is 0.0446 e. The fourth-order valence-electron chi connectivity index (χ4n) is 4.14. The lowest BCUT2D eigenvalue weighted by Gasteiger charge is -2.37. The Bertz CT molecular complexity index is 451. The summed E-state index contributed by atoms with van der Waals surface area (Å²) >= 11 is 0. The number of rotatable bonds is 2. The molecule has 0 spiro atoms. The van der Waals surface area contributed by atoms with Crippen LogP contribution in [0.25, 0.3) is 0 Å². The number of likely N-dealkylation sites (N-methyl/N-ethyl adjacent to an activating group) is 1. The summed E-state index contributed by atoms with van der Waals surface area (Å²) in [5, 5.41) is 0. The van der Waals surface area contributed by atoms with Crippen molar-refractivity contribution >= 4 is 5.69 Å². The van der Waals surface area contributed by atoms with E-state index in [2.05, 4.69) is 55.8 Å². The SMILES string of the molecule is C=CC1(CC)CCC2c3ccccc3N(C)C21. The van der Waals surface area contributed by atoms with E-state index in [-0.39, 0.29) is 0 Å². The second kappa shape index (κ2) is 3.63. The van der Waals surface area contributed by atoms with E-state index in [0.29, 0.717) is 17.4 Å². The molecule has 3 unspecified atom stereocenters. The molecule has 0 radical (unpaired) electrons. The van der Waals surface area contributed by atoms with Crippen molar-refractivity contribution in [2.75, 3.05) is 11.9 Å². The lowest BCUT2D eigenvalue weighted by atomic mass is 9.78. The molecular weight excluding hydrogens is 206 g/mol. The van der Waals surface area contributed by atoms with Crippen LogP contribution in [0.3, 0.4) is 0 Å². The average molecular weight is 227 g/mol. The van der Waals surface area contributed by atoms with Gasteiger partial charge in [-0.25, -0.2) is 0 Å². The van der Waals surface area contributed by atoms with Crippen LogP contribution in [0.2, 0.25) is 0 Å². The summed E-state index contributed by atoms with van der Waals surface area (Å²) in [6, 6.07) is 9.53. The summed E-state index contributed by atoms with van der Waals surface area (Å²) < 4.78 is 0. The Kier molecular flexibility index (Phi) is 2.32. The molecule has 1 aromatic carbocycles. The Labute approximate surface area is 104 Å². The molecule has 2 aliphatic rings. The second-order valence-corrected chi connectivity index (χ2v) is 5.55. The molecule has 1 saturated carbocycles. The zero-order valence-electron chi connectivity index (χ0n) is 10.8. The fraction of sp³-hybridized carbons (Fsp3) is 0.500. The molecule has 0 bridgehead atoms. The van der Waals surface area contributed by atoms with E-state index in [4.69, 9.17) is 0 Å². The van der Waals surface area contributed by atoms with Crippen LogP contribution in [0.15, 0.2) is 36.9 Å². The van der Waals surface area contributed by atoms with Crippen LogP contribution >= 0.6 is 0 Å². The molecule has 0 amide bonds. The Balaban J connectivity index is 2.09. The molecule has 1 aliphatic heterocycles. The maximum Gasteiger partial charge on any atom is 0.0446 e. The van der Waals surface area contributed by atoms with Crippen molar-refractivity contribution in [1.82, 2.24) is 0 Å². The molecular formula is C16H21N. The van der Waals surface area contributed by atoms with Crippen molar-refractivity contribution in [2.24, 2.45) is 5.41 Å². The zero-order chi connectivity index (χ0) is 12.0. The molecule has 3 rings (SSSR count). The summed E-state index contributed by atoms with van der Waals surface area (Å²) in [4.78, 5) is 2.50. The molecule has 1 heterocycles. The van der Waals surface area contributed by atoms with E-state index in [1.54, 1.807) is 5.56 Å². The van der Waals surface area contributed by atoms with Crippen LogP contribution in [0.1, 0.15) is 37.7 Å². The van der Waals surface area contributed by atoms with Crippen LogP contribution in [0, 0.1) is 5.41 Å². The number of anilines is 1. The predicted molar refractivity (Wildman–Crippen MR) is 73.5 cm³/mol. The molecule has 1 fully saturated rings. The van der Waals surface area contributed by atoms with E-state index >= 15 is 0 Å². The first kappa shape index (κ1) is 10.9. The Morgan fingerprint density at radius 2 is 2.24 bits per heavy atom.